The van der Waals surface area contributed by atoms with Crippen LogP contribution in [-0.4, -0.2) is 36.1 Å². The smallest absolute Gasteiger partial charge is 0.275 e. The minimum atomic E-state index is 0.683. The van der Waals surface area contributed by atoms with Crippen LogP contribution in [-0.2, 0) is 0 Å². The van der Waals surface area contributed by atoms with Crippen LogP contribution in [0.25, 0.3) is 0 Å². The minimum Gasteiger partial charge on any atom is -0.470 e. The van der Waals surface area contributed by atoms with Crippen LogP contribution in [0, 0.1) is 0 Å². The van der Waals surface area contributed by atoms with Gasteiger partial charge in [0.1, 0.15) is 5.00 Å². The highest BCUT2D eigenvalue weighted by molar-refractivity contribution is 7.17. The summed E-state index contributed by atoms with van der Waals surface area (Å²) in [5, 5.41) is 1.40. The summed E-state index contributed by atoms with van der Waals surface area (Å²) in [7, 11) is 2.18. The van der Waals surface area contributed by atoms with Crippen molar-refractivity contribution in [1.29, 1.82) is 0 Å². The van der Waals surface area contributed by atoms with Gasteiger partial charge in [0.2, 0.25) is 0 Å². The summed E-state index contributed by atoms with van der Waals surface area (Å²) in [5.74, 6) is 0. The lowest BCUT2D eigenvalue weighted by atomic mass is 10.2. The first-order chi connectivity index (χ1) is 7.25. The molecule has 1 saturated heterocycles. The number of aromatic nitrogens is 1. The standard InChI is InChI=1S/C10H17N3OS/c1-13-5-2-3-8(13)4-6-14-10-12-7-9(11)15-10/h7-8H,2-6,11H2,1H3. The van der Waals surface area contributed by atoms with Gasteiger partial charge in [-0.05, 0) is 32.9 Å². The molecule has 0 amide bonds. The second-order valence-electron chi connectivity index (χ2n) is 3.94. The molecule has 1 atom stereocenters. The van der Waals surface area contributed by atoms with Crippen molar-refractivity contribution < 1.29 is 4.74 Å². The van der Waals surface area contributed by atoms with Gasteiger partial charge in [-0.25, -0.2) is 4.98 Å². The topological polar surface area (TPSA) is 51.4 Å². The molecule has 2 N–H and O–H groups in total. The van der Waals surface area contributed by atoms with Crippen molar-refractivity contribution >= 4 is 16.3 Å². The van der Waals surface area contributed by atoms with Crippen LogP contribution in [0.4, 0.5) is 5.00 Å². The predicted molar refractivity (Wildman–Crippen MR) is 62.3 cm³/mol. The number of thiazole rings is 1. The van der Waals surface area contributed by atoms with Crippen molar-refractivity contribution in [2.45, 2.75) is 25.3 Å². The summed E-state index contributed by atoms with van der Waals surface area (Å²) < 4.78 is 5.54. The van der Waals surface area contributed by atoms with E-state index >= 15 is 0 Å². The zero-order valence-corrected chi connectivity index (χ0v) is 9.80. The zero-order chi connectivity index (χ0) is 10.7. The number of likely N-dealkylation sites (tertiary alicyclic amines) is 1. The van der Waals surface area contributed by atoms with Crippen LogP contribution in [0.5, 0.6) is 5.19 Å². The molecule has 84 valence electrons. The van der Waals surface area contributed by atoms with Crippen molar-refractivity contribution in [2.75, 3.05) is 25.9 Å². The third kappa shape index (κ3) is 2.82. The second kappa shape index (κ2) is 4.81. The second-order valence-corrected chi connectivity index (χ2v) is 4.97. The number of hydrogen-bond acceptors (Lipinski definition) is 5. The highest BCUT2D eigenvalue weighted by Gasteiger charge is 2.20. The van der Waals surface area contributed by atoms with Crippen LogP contribution in [0.1, 0.15) is 19.3 Å². The van der Waals surface area contributed by atoms with Crippen molar-refractivity contribution in [3.63, 3.8) is 0 Å². The van der Waals surface area contributed by atoms with E-state index in [0.717, 1.165) is 13.0 Å². The van der Waals surface area contributed by atoms with Crippen LogP contribution in [0.2, 0.25) is 0 Å². The Morgan fingerprint density at radius 2 is 2.60 bits per heavy atom. The largest absolute Gasteiger partial charge is 0.470 e. The van der Waals surface area contributed by atoms with Gasteiger partial charge in [0, 0.05) is 6.04 Å². The molecule has 1 unspecified atom stereocenters. The molecule has 4 nitrogen and oxygen atoms in total. The fraction of sp³-hybridized carbons (Fsp3) is 0.700. The summed E-state index contributed by atoms with van der Waals surface area (Å²) >= 11 is 1.40. The van der Waals surface area contributed by atoms with Crippen molar-refractivity contribution in [3.8, 4) is 5.19 Å². The molecule has 0 saturated carbocycles. The molecule has 1 fully saturated rings. The zero-order valence-electron chi connectivity index (χ0n) is 8.98. The van der Waals surface area contributed by atoms with E-state index in [1.54, 1.807) is 6.20 Å². The van der Waals surface area contributed by atoms with Gasteiger partial charge in [-0.1, -0.05) is 11.3 Å². The van der Waals surface area contributed by atoms with E-state index in [0.29, 0.717) is 16.2 Å². The first-order valence-electron chi connectivity index (χ1n) is 5.30. The molecule has 0 aromatic carbocycles. The number of hydrogen-bond donors (Lipinski definition) is 1. The van der Waals surface area contributed by atoms with Gasteiger partial charge in [-0.2, -0.15) is 0 Å². The molecular formula is C10H17N3OS. The first-order valence-corrected chi connectivity index (χ1v) is 6.11. The highest BCUT2D eigenvalue weighted by Crippen LogP contribution is 2.23. The molecule has 0 spiro atoms. The van der Waals surface area contributed by atoms with E-state index in [4.69, 9.17) is 10.5 Å². The average Bonchev–Trinajstić information content (AvgIpc) is 2.77. The maximum atomic E-state index is 5.56. The van der Waals surface area contributed by atoms with Crippen LogP contribution >= 0.6 is 11.3 Å². The maximum Gasteiger partial charge on any atom is 0.275 e. The van der Waals surface area contributed by atoms with Gasteiger partial charge < -0.3 is 15.4 Å². The SMILES string of the molecule is CN1CCCC1CCOc1ncc(N)s1. The Hall–Kier alpha value is -0.810. The molecule has 0 bridgehead atoms. The molecule has 5 heteroatoms. The van der Waals surface area contributed by atoms with Crippen LogP contribution < -0.4 is 10.5 Å². The van der Waals surface area contributed by atoms with Gasteiger partial charge in [0.25, 0.3) is 5.19 Å². The summed E-state index contributed by atoms with van der Waals surface area (Å²) in [4.78, 5) is 6.46. The molecular weight excluding hydrogens is 210 g/mol. The highest BCUT2D eigenvalue weighted by atomic mass is 32.1. The van der Waals surface area contributed by atoms with E-state index in [1.807, 2.05) is 0 Å². The van der Waals surface area contributed by atoms with Gasteiger partial charge in [-0.3, -0.25) is 0 Å². The number of rotatable bonds is 4. The predicted octanol–water partition coefficient (Wildman–Crippen LogP) is 1.59. The maximum absolute atomic E-state index is 5.56. The third-order valence-electron chi connectivity index (χ3n) is 2.85. The van der Waals surface area contributed by atoms with Crippen LogP contribution in [0.15, 0.2) is 6.20 Å². The molecule has 2 heterocycles. The molecule has 15 heavy (non-hydrogen) atoms. The Balaban J connectivity index is 1.70. The molecule has 1 aromatic heterocycles. The molecule has 1 aliphatic heterocycles. The van der Waals surface area contributed by atoms with Crippen molar-refractivity contribution in [3.05, 3.63) is 6.20 Å². The molecule has 0 radical (unpaired) electrons. The minimum absolute atomic E-state index is 0.683. The van der Waals surface area contributed by atoms with E-state index in [-0.39, 0.29) is 0 Å². The van der Waals surface area contributed by atoms with E-state index < -0.39 is 0 Å². The Kier molecular flexibility index (Phi) is 3.43. The molecule has 2 rings (SSSR count). The number of nitrogens with zero attached hydrogens (tertiary/aromatic N) is 2. The number of ether oxygens (including phenoxy) is 1. The lowest BCUT2D eigenvalue weighted by Gasteiger charge is -2.18. The first kappa shape index (κ1) is 10.7. The van der Waals surface area contributed by atoms with Gasteiger partial charge in [0.15, 0.2) is 0 Å². The lowest BCUT2D eigenvalue weighted by Crippen LogP contribution is -2.26. The van der Waals surface area contributed by atoms with E-state index in [1.165, 1.54) is 30.7 Å². The van der Waals surface area contributed by atoms with E-state index in [2.05, 4.69) is 16.9 Å². The Labute approximate surface area is 94.1 Å². The van der Waals surface area contributed by atoms with Crippen LogP contribution in [0.3, 0.4) is 0 Å². The summed E-state index contributed by atoms with van der Waals surface area (Å²) in [6, 6.07) is 0.683. The Bertz CT molecular complexity index is 315. The average molecular weight is 227 g/mol. The normalized spacial score (nSPS) is 22.1. The summed E-state index contributed by atoms with van der Waals surface area (Å²) in [6.45, 7) is 1.96. The van der Waals surface area contributed by atoms with Gasteiger partial charge in [-0.15, -0.1) is 0 Å². The fourth-order valence-electron chi connectivity index (χ4n) is 1.96. The molecule has 0 aliphatic carbocycles. The lowest BCUT2D eigenvalue weighted by molar-refractivity contribution is 0.233. The third-order valence-corrected chi connectivity index (χ3v) is 3.59. The molecule has 1 aliphatic rings. The quantitative estimate of drug-likeness (QED) is 0.848. The Morgan fingerprint density at radius 3 is 3.20 bits per heavy atom. The number of nitrogens with two attached hydrogens (primary N) is 1. The summed E-state index contributed by atoms with van der Waals surface area (Å²) in [5.41, 5.74) is 5.56. The monoisotopic (exact) mass is 227 g/mol. The molecule has 1 aromatic rings. The van der Waals surface area contributed by atoms with Gasteiger partial charge in [0.05, 0.1) is 12.8 Å². The van der Waals surface area contributed by atoms with Crippen molar-refractivity contribution in [1.82, 2.24) is 9.88 Å². The Morgan fingerprint density at radius 1 is 1.73 bits per heavy atom. The number of anilines is 1. The van der Waals surface area contributed by atoms with Gasteiger partial charge >= 0.3 is 0 Å². The van der Waals surface area contributed by atoms with E-state index in [9.17, 15) is 0 Å². The van der Waals surface area contributed by atoms with Crippen molar-refractivity contribution in [2.24, 2.45) is 0 Å². The summed E-state index contributed by atoms with van der Waals surface area (Å²) in [6.07, 6.45) is 5.32. The fourth-order valence-corrected chi connectivity index (χ4v) is 2.52. The number of nitrogen functional groups attached to an aromatic ring is 1.